The number of amides is 1. The maximum Gasteiger partial charge on any atom is 0.306 e. The van der Waals surface area contributed by atoms with E-state index in [1.807, 2.05) is 72.5 Å². The molecule has 1 aliphatic heterocycles. The summed E-state index contributed by atoms with van der Waals surface area (Å²) in [4.78, 5) is 41.5. The molecule has 6 heteroatoms. The monoisotopic (exact) mass is 568 g/mol. The number of carbonyl (C=O) groups is 3. The van der Waals surface area contributed by atoms with Crippen LogP contribution < -0.4 is 5.32 Å². The van der Waals surface area contributed by atoms with Gasteiger partial charge < -0.3 is 15.0 Å². The molecule has 1 heterocycles. The largest absolute Gasteiger partial charge is 0.466 e. The number of benzene rings is 3. The molecule has 0 spiro atoms. The summed E-state index contributed by atoms with van der Waals surface area (Å²) in [6, 6.07) is 23.5. The minimum Gasteiger partial charge on any atom is -0.466 e. The van der Waals surface area contributed by atoms with Crippen molar-refractivity contribution in [3.05, 3.63) is 101 Å². The second-order valence-corrected chi connectivity index (χ2v) is 12.2. The topological polar surface area (TPSA) is 75.7 Å². The molecule has 222 valence electrons. The highest BCUT2D eigenvalue weighted by Gasteiger charge is 2.39. The van der Waals surface area contributed by atoms with E-state index >= 15 is 0 Å². The van der Waals surface area contributed by atoms with Crippen molar-refractivity contribution in [2.75, 3.05) is 25.0 Å². The van der Waals surface area contributed by atoms with Crippen molar-refractivity contribution >= 4 is 23.3 Å². The number of anilines is 1. The van der Waals surface area contributed by atoms with Crippen LogP contribution in [0.5, 0.6) is 0 Å². The first-order chi connectivity index (χ1) is 20.1. The lowest BCUT2D eigenvalue weighted by atomic mass is 9.81. The molecule has 6 nitrogen and oxygen atoms in total. The number of hydrogen-bond donors (Lipinski definition) is 1. The van der Waals surface area contributed by atoms with Gasteiger partial charge in [0.05, 0.1) is 19.2 Å². The number of carbonyl (C=O) groups excluding carboxylic acids is 3. The number of ketones is 1. The molecule has 3 aromatic carbocycles. The summed E-state index contributed by atoms with van der Waals surface area (Å²) < 4.78 is 5.07. The Labute approximate surface area is 250 Å². The second-order valence-electron chi connectivity index (χ2n) is 12.2. The quantitative estimate of drug-likeness (QED) is 0.265. The maximum absolute atomic E-state index is 13.9. The van der Waals surface area contributed by atoms with Crippen LogP contribution in [0.15, 0.2) is 72.8 Å². The number of piperidine rings is 1. The molecule has 42 heavy (non-hydrogen) atoms. The Bertz CT molecular complexity index is 1390. The van der Waals surface area contributed by atoms with Crippen LogP contribution in [0.2, 0.25) is 0 Å². The molecule has 0 aliphatic carbocycles. The standard InChI is InChI=1S/C36H44N2O4/c1-6-42-33(40)21-18-26-16-19-27(20-17-26)34-31(15-10-22-38(34)35(41)30-14-8-7-11-25(30)2)32(39)24-37-29-13-9-12-28(23-29)36(3,4)5/h7-9,11-14,16-17,19-20,23,31,34,37H,6,10,15,18,21-22,24H2,1-5H3/t31-,34+/m1/s1. The van der Waals surface area contributed by atoms with Gasteiger partial charge in [-0.25, -0.2) is 0 Å². The van der Waals surface area contributed by atoms with Gasteiger partial charge in [-0.3, -0.25) is 14.4 Å². The summed E-state index contributed by atoms with van der Waals surface area (Å²) in [5, 5.41) is 3.36. The number of ether oxygens (including phenoxy) is 1. The molecule has 3 aromatic rings. The van der Waals surface area contributed by atoms with Gasteiger partial charge in [0, 0.05) is 30.1 Å². The van der Waals surface area contributed by atoms with Gasteiger partial charge in [0.2, 0.25) is 0 Å². The highest BCUT2D eigenvalue weighted by molar-refractivity contribution is 5.97. The number of likely N-dealkylation sites (tertiary alicyclic amines) is 1. The third-order valence-corrected chi connectivity index (χ3v) is 8.12. The van der Waals surface area contributed by atoms with Crippen LogP contribution in [0.3, 0.4) is 0 Å². The van der Waals surface area contributed by atoms with Crippen LogP contribution >= 0.6 is 0 Å². The number of hydrogen-bond acceptors (Lipinski definition) is 5. The Morgan fingerprint density at radius 2 is 1.71 bits per heavy atom. The van der Waals surface area contributed by atoms with Crippen molar-refractivity contribution in [1.29, 1.82) is 0 Å². The summed E-state index contributed by atoms with van der Waals surface area (Å²) in [5.74, 6) is -0.506. The van der Waals surface area contributed by atoms with Gasteiger partial charge in [0.1, 0.15) is 0 Å². The van der Waals surface area contributed by atoms with Gasteiger partial charge in [-0.05, 0) is 79.0 Å². The zero-order chi connectivity index (χ0) is 30.3. The van der Waals surface area contributed by atoms with Crippen LogP contribution in [0, 0.1) is 12.8 Å². The van der Waals surface area contributed by atoms with Gasteiger partial charge in [-0.2, -0.15) is 0 Å². The fraction of sp³-hybridized carbons (Fsp3) is 0.417. The normalized spacial score (nSPS) is 17.0. The van der Waals surface area contributed by atoms with E-state index in [4.69, 9.17) is 4.74 Å². The zero-order valence-electron chi connectivity index (χ0n) is 25.6. The van der Waals surface area contributed by atoms with Crippen molar-refractivity contribution < 1.29 is 19.1 Å². The van der Waals surface area contributed by atoms with Crippen molar-refractivity contribution in [1.82, 2.24) is 4.90 Å². The fourth-order valence-corrected chi connectivity index (χ4v) is 5.72. The lowest BCUT2D eigenvalue weighted by Crippen LogP contribution is -2.46. The molecule has 0 aromatic heterocycles. The number of aryl methyl sites for hydroxylation is 2. The predicted octanol–water partition coefficient (Wildman–Crippen LogP) is 7.06. The van der Waals surface area contributed by atoms with E-state index in [9.17, 15) is 14.4 Å². The van der Waals surface area contributed by atoms with E-state index in [1.165, 1.54) is 5.56 Å². The lowest BCUT2D eigenvalue weighted by molar-refractivity contribution is -0.143. The zero-order valence-corrected chi connectivity index (χ0v) is 25.6. The van der Waals surface area contributed by atoms with Crippen LogP contribution in [0.4, 0.5) is 5.69 Å². The van der Waals surface area contributed by atoms with E-state index in [2.05, 4.69) is 38.2 Å². The molecule has 0 unspecified atom stereocenters. The minimum absolute atomic E-state index is 0.00900. The molecule has 0 bridgehead atoms. The Hall–Kier alpha value is -3.93. The number of Topliss-reactive ketones (excluding diaryl/α,β-unsaturated/α-hetero) is 1. The average molecular weight is 569 g/mol. The third kappa shape index (κ3) is 7.67. The molecule has 1 N–H and O–H groups in total. The first-order valence-corrected chi connectivity index (χ1v) is 15.1. The Balaban J connectivity index is 1.59. The van der Waals surface area contributed by atoms with Crippen LogP contribution in [0.1, 0.15) is 85.6 Å². The second kappa shape index (κ2) is 13.8. The van der Waals surface area contributed by atoms with Crippen LogP contribution in [-0.4, -0.2) is 42.3 Å². The van der Waals surface area contributed by atoms with Gasteiger partial charge in [-0.1, -0.05) is 75.4 Å². The fourth-order valence-electron chi connectivity index (χ4n) is 5.72. The Kier molecular flexibility index (Phi) is 10.2. The smallest absolute Gasteiger partial charge is 0.306 e. The molecule has 1 aliphatic rings. The van der Waals surface area contributed by atoms with Gasteiger partial charge in [-0.15, -0.1) is 0 Å². The average Bonchev–Trinajstić information content (AvgIpc) is 2.98. The van der Waals surface area contributed by atoms with Gasteiger partial charge in [0.15, 0.2) is 5.78 Å². The van der Waals surface area contributed by atoms with E-state index in [0.717, 1.165) is 35.2 Å². The third-order valence-electron chi connectivity index (χ3n) is 8.12. The van der Waals surface area contributed by atoms with Gasteiger partial charge in [0.25, 0.3) is 5.91 Å². The lowest BCUT2D eigenvalue weighted by Gasteiger charge is -2.41. The van der Waals surface area contributed by atoms with Crippen molar-refractivity contribution in [2.24, 2.45) is 5.92 Å². The Morgan fingerprint density at radius 1 is 0.976 bits per heavy atom. The summed E-state index contributed by atoms with van der Waals surface area (Å²) in [6.45, 7) is 11.4. The van der Waals surface area contributed by atoms with E-state index in [0.29, 0.717) is 31.6 Å². The highest BCUT2D eigenvalue weighted by Crippen LogP contribution is 2.38. The van der Waals surface area contributed by atoms with Crippen LogP contribution in [0.25, 0.3) is 0 Å². The van der Waals surface area contributed by atoms with Crippen molar-refractivity contribution in [3.63, 3.8) is 0 Å². The van der Waals surface area contributed by atoms with Crippen molar-refractivity contribution in [3.8, 4) is 0 Å². The molecule has 1 saturated heterocycles. The SMILES string of the molecule is CCOC(=O)CCc1ccc([C@H]2[C@@H](C(=O)CNc3cccc(C(C)(C)C)c3)CCCN2C(=O)c2ccccc2C)cc1. The summed E-state index contributed by atoms with van der Waals surface area (Å²) in [7, 11) is 0. The Morgan fingerprint density at radius 3 is 2.40 bits per heavy atom. The molecule has 1 amide bonds. The molecule has 1 fully saturated rings. The molecular weight excluding hydrogens is 524 g/mol. The number of nitrogens with one attached hydrogen (secondary N) is 1. The van der Waals surface area contributed by atoms with E-state index < -0.39 is 0 Å². The first kappa shape index (κ1) is 31.0. The van der Waals surface area contributed by atoms with Crippen LogP contribution in [-0.2, 0) is 26.2 Å². The molecule has 4 rings (SSSR count). The van der Waals surface area contributed by atoms with E-state index in [1.54, 1.807) is 6.92 Å². The number of esters is 1. The number of rotatable bonds is 10. The molecule has 2 atom stereocenters. The first-order valence-electron chi connectivity index (χ1n) is 15.1. The minimum atomic E-state index is -0.375. The summed E-state index contributed by atoms with van der Waals surface area (Å²) >= 11 is 0. The predicted molar refractivity (Wildman–Crippen MR) is 168 cm³/mol. The molecular formula is C36H44N2O4. The summed E-state index contributed by atoms with van der Waals surface area (Å²) in [5.41, 5.74) is 5.67. The molecule has 0 radical (unpaired) electrons. The highest BCUT2D eigenvalue weighted by atomic mass is 16.5. The maximum atomic E-state index is 13.9. The van der Waals surface area contributed by atoms with E-state index in [-0.39, 0.29) is 41.6 Å². The van der Waals surface area contributed by atoms with Crippen molar-refractivity contribution in [2.45, 2.75) is 71.8 Å². The number of nitrogens with zero attached hydrogens (tertiary/aromatic N) is 1. The van der Waals surface area contributed by atoms with Gasteiger partial charge >= 0.3 is 5.97 Å². The summed E-state index contributed by atoms with van der Waals surface area (Å²) in [6.07, 6.45) is 2.38. The molecule has 0 saturated carbocycles.